The summed E-state index contributed by atoms with van der Waals surface area (Å²) in [5.74, 6) is 0.247. The van der Waals surface area contributed by atoms with Gasteiger partial charge in [0.15, 0.2) is 5.70 Å². The van der Waals surface area contributed by atoms with Crippen LogP contribution in [0.2, 0.25) is 10.0 Å². The molecule has 0 spiro atoms. The van der Waals surface area contributed by atoms with Crippen molar-refractivity contribution in [3.63, 3.8) is 0 Å². The molecule has 1 aliphatic rings. The monoisotopic (exact) mass is 423 g/mol. The van der Waals surface area contributed by atoms with E-state index in [-0.39, 0.29) is 11.6 Å². The summed E-state index contributed by atoms with van der Waals surface area (Å²) in [6, 6.07) is 21.9. The third-order valence-electron chi connectivity index (χ3n) is 4.28. The number of nitrogens with zero attached hydrogens (tertiary/aromatic N) is 1. The molecule has 0 aliphatic carbocycles. The van der Waals surface area contributed by atoms with E-state index in [1.165, 1.54) is 0 Å². The maximum absolute atomic E-state index is 12.3. The second-order valence-corrected chi connectivity index (χ2v) is 7.05. The molecule has 1 aliphatic heterocycles. The first kappa shape index (κ1) is 19.2. The van der Waals surface area contributed by atoms with E-state index < -0.39 is 5.97 Å². The van der Waals surface area contributed by atoms with E-state index in [2.05, 4.69) is 4.99 Å². The van der Waals surface area contributed by atoms with Crippen LogP contribution < -0.4 is 4.74 Å². The predicted molar refractivity (Wildman–Crippen MR) is 114 cm³/mol. The minimum Gasteiger partial charge on any atom is -0.488 e. The average Bonchev–Trinajstić information content (AvgIpc) is 3.09. The molecule has 6 heteroatoms. The van der Waals surface area contributed by atoms with Crippen molar-refractivity contribution < 1.29 is 14.3 Å². The molecule has 144 valence electrons. The van der Waals surface area contributed by atoms with Gasteiger partial charge >= 0.3 is 5.97 Å². The Morgan fingerprint density at radius 3 is 2.38 bits per heavy atom. The van der Waals surface area contributed by atoms with Crippen LogP contribution >= 0.6 is 23.2 Å². The Labute approximate surface area is 178 Å². The van der Waals surface area contributed by atoms with E-state index in [4.69, 9.17) is 32.7 Å². The molecule has 0 fully saturated rings. The lowest BCUT2D eigenvalue weighted by molar-refractivity contribution is -0.129. The summed E-state index contributed by atoms with van der Waals surface area (Å²) in [7, 11) is 0. The third kappa shape index (κ3) is 4.34. The molecule has 0 aromatic heterocycles. The fourth-order valence-electron chi connectivity index (χ4n) is 2.81. The molecule has 0 saturated carbocycles. The van der Waals surface area contributed by atoms with Gasteiger partial charge in [0, 0.05) is 16.1 Å². The zero-order valence-corrected chi connectivity index (χ0v) is 16.7. The lowest BCUT2D eigenvalue weighted by Gasteiger charge is -2.10. The van der Waals surface area contributed by atoms with Crippen LogP contribution in [0.15, 0.2) is 83.5 Å². The lowest BCUT2D eigenvalue weighted by Crippen LogP contribution is -2.05. The molecule has 3 aromatic carbocycles. The van der Waals surface area contributed by atoms with Gasteiger partial charge in [-0.2, -0.15) is 0 Å². The van der Waals surface area contributed by atoms with Gasteiger partial charge in [-0.25, -0.2) is 9.79 Å². The van der Waals surface area contributed by atoms with Crippen LogP contribution in [-0.2, 0) is 16.1 Å². The van der Waals surface area contributed by atoms with E-state index in [1.807, 2.05) is 48.5 Å². The summed E-state index contributed by atoms with van der Waals surface area (Å²) < 4.78 is 11.2. The number of ether oxygens (including phenoxy) is 2. The standard InChI is InChI=1S/C23H15Cl2NO3/c24-18-10-4-1-8-16(18)14-28-21-12-6-2-7-15(21)13-20-23(27)29-22(26-20)17-9-3-5-11-19(17)25/h1-13H,14H2. The van der Waals surface area contributed by atoms with Gasteiger partial charge in [0.05, 0.1) is 10.6 Å². The van der Waals surface area contributed by atoms with Crippen LogP contribution in [0.1, 0.15) is 16.7 Å². The molecule has 29 heavy (non-hydrogen) atoms. The second-order valence-electron chi connectivity index (χ2n) is 6.23. The summed E-state index contributed by atoms with van der Waals surface area (Å²) >= 11 is 12.4. The first-order valence-corrected chi connectivity index (χ1v) is 9.60. The number of halogens is 2. The molecule has 3 aromatic rings. The third-order valence-corrected chi connectivity index (χ3v) is 4.98. The zero-order chi connectivity index (χ0) is 20.2. The zero-order valence-electron chi connectivity index (χ0n) is 15.1. The molecular formula is C23H15Cl2NO3. The first-order valence-electron chi connectivity index (χ1n) is 8.84. The summed E-state index contributed by atoms with van der Waals surface area (Å²) in [5, 5.41) is 1.10. The summed E-state index contributed by atoms with van der Waals surface area (Å²) in [4.78, 5) is 16.6. The van der Waals surface area contributed by atoms with Gasteiger partial charge in [-0.05, 0) is 30.3 Å². The van der Waals surface area contributed by atoms with E-state index in [1.54, 1.807) is 30.3 Å². The highest BCUT2D eigenvalue weighted by Gasteiger charge is 2.25. The summed E-state index contributed by atoms with van der Waals surface area (Å²) in [5.41, 5.74) is 2.31. The van der Waals surface area contributed by atoms with Gasteiger partial charge in [0.25, 0.3) is 0 Å². The minimum atomic E-state index is -0.541. The highest BCUT2D eigenvalue weighted by molar-refractivity contribution is 6.34. The van der Waals surface area contributed by atoms with Crippen molar-refractivity contribution >= 4 is 41.1 Å². The number of esters is 1. The van der Waals surface area contributed by atoms with E-state index >= 15 is 0 Å². The minimum absolute atomic E-state index is 0.175. The van der Waals surface area contributed by atoms with Gasteiger partial charge in [0.2, 0.25) is 5.90 Å². The van der Waals surface area contributed by atoms with Gasteiger partial charge < -0.3 is 9.47 Å². The smallest absolute Gasteiger partial charge is 0.363 e. The lowest BCUT2D eigenvalue weighted by atomic mass is 10.1. The number of rotatable bonds is 5. The number of benzene rings is 3. The van der Waals surface area contributed by atoms with Crippen molar-refractivity contribution in [1.82, 2.24) is 0 Å². The van der Waals surface area contributed by atoms with Crippen molar-refractivity contribution in [1.29, 1.82) is 0 Å². The number of hydrogen-bond donors (Lipinski definition) is 0. The van der Waals surface area contributed by atoms with Crippen molar-refractivity contribution in [3.05, 3.63) is 105 Å². The SMILES string of the molecule is O=C1OC(c2ccccc2Cl)=NC1=Cc1ccccc1OCc1ccccc1Cl. The maximum Gasteiger partial charge on any atom is 0.363 e. The Hall–Kier alpha value is -3.08. The molecule has 4 nitrogen and oxygen atoms in total. The Bertz CT molecular complexity index is 1140. The fourth-order valence-corrected chi connectivity index (χ4v) is 3.22. The van der Waals surface area contributed by atoms with E-state index in [0.29, 0.717) is 33.5 Å². The van der Waals surface area contributed by atoms with Crippen LogP contribution in [0, 0.1) is 0 Å². The largest absolute Gasteiger partial charge is 0.488 e. The predicted octanol–water partition coefficient (Wildman–Crippen LogP) is 5.92. The van der Waals surface area contributed by atoms with Crippen LogP contribution in [0.25, 0.3) is 6.08 Å². The highest BCUT2D eigenvalue weighted by atomic mass is 35.5. The number of aliphatic imine (C=N–C) groups is 1. The first-order chi connectivity index (χ1) is 14.1. The maximum atomic E-state index is 12.3. The van der Waals surface area contributed by atoms with Crippen LogP contribution in [0.4, 0.5) is 0 Å². The molecule has 0 radical (unpaired) electrons. The van der Waals surface area contributed by atoms with Crippen molar-refractivity contribution in [2.45, 2.75) is 6.61 Å². The molecule has 0 bridgehead atoms. The van der Waals surface area contributed by atoms with Crippen LogP contribution in [-0.4, -0.2) is 11.9 Å². The summed E-state index contributed by atoms with van der Waals surface area (Å²) in [6.45, 7) is 0.304. The highest BCUT2D eigenvalue weighted by Crippen LogP contribution is 2.27. The topological polar surface area (TPSA) is 47.9 Å². The number of para-hydroxylation sites is 1. The molecule has 0 unspecified atom stereocenters. The van der Waals surface area contributed by atoms with Gasteiger partial charge in [0.1, 0.15) is 12.4 Å². The van der Waals surface area contributed by atoms with Gasteiger partial charge in [-0.1, -0.05) is 71.7 Å². The van der Waals surface area contributed by atoms with Crippen molar-refractivity contribution in [2.75, 3.05) is 0 Å². The molecule has 0 N–H and O–H groups in total. The van der Waals surface area contributed by atoms with Gasteiger partial charge in [-0.15, -0.1) is 0 Å². The molecule has 4 rings (SSSR count). The number of cyclic esters (lactones) is 1. The molecule has 0 atom stereocenters. The number of hydrogen-bond acceptors (Lipinski definition) is 4. The average molecular weight is 424 g/mol. The Morgan fingerprint density at radius 2 is 1.59 bits per heavy atom. The van der Waals surface area contributed by atoms with Crippen LogP contribution in [0.3, 0.4) is 0 Å². The van der Waals surface area contributed by atoms with Crippen LogP contribution in [0.5, 0.6) is 5.75 Å². The molecular weight excluding hydrogens is 409 g/mol. The normalized spacial score (nSPS) is 14.6. The quantitative estimate of drug-likeness (QED) is 0.378. The molecule has 0 amide bonds. The second kappa shape index (κ2) is 8.52. The van der Waals surface area contributed by atoms with E-state index in [0.717, 1.165) is 5.56 Å². The van der Waals surface area contributed by atoms with E-state index in [9.17, 15) is 4.79 Å². The Balaban J connectivity index is 1.61. The number of carbonyl (C=O) groups is 1. The van der Waals surface area contributed by atoms with Gasteiger partial charge in [-0.3, -0.25) is 0 Å². The fraction of sp³-hybridized carbons (Fsp3) is 0.0435. The Morgan fingerprint density at radius 1 is 0.897 bits per heavy atom. The molecule has 0 saturated heterocycles. The Kier molecular flexibility index (Phi) is 5.65. The van der Waals surface area contributed by atoms with Crippen molar-refractivity contribution in [2.24, 2.45) is 4.99 Å². The number of carbonyl (C=O) groups excluding carboxylic acids is 1. The summed E-state index contributed by atoms with van der Waals surface area (Å²) in [6.07, 6.45) is 1.63. The van der Waals surface area contributed by atoms with Crippen molar-refractivity contribution in [3.8, 4) is 5.75 Å². The molecule has 1 heterocycles.